The maximum atomic E-state index is 5.89. The van der Waals surface area contributed by atoms with E-state index in [4.69, 9.17) is 9.47 Å². The molecule has 1 saturated carbocycles. The van der Waals surface area contributed by atoms with Gasteiger partial charge in [0.25, 0.3) is 0 Å². The molecule has 138 valence electrons. The van der Waals surface area contributed by atoms with Gasteiger partial charge in [-0.05, 0) is 31.0 Å². The van der Waals surface area contributed by atoms with E-state index in [0.29, 0.717) is 24.7 Å². The van der Waals surface area contributed by atoms with Crippen LogP contribution in [0.2, 0.25) is 0 Å². The Labute approximate surface area is 151 Å². The van der Waals surface area contributed by atoms with E-state index in [-0.39, 0.29) is 5.41 Å². The zero-order chi connectivity index (χ0) is 18.0. The second-order valence-corrected chi connectivity index (χ2v) is 7.67. The summed E-state index contributed by atoms with van der Waals surface area (Å²) in [5.41, 5.74) is 1.39. The number of aliphatic imine (C=N–C) groups is 1. The fourth-order valence-electron chi connectivity index (χ4n) is 4.31. The summed E-state index contributed by atoms with van der Waals surface area (Å²) >= 11 is 0. The van der Waals surface area contributed by atoms with Crippen LogP contribution in [-0.2, 0) is 11.3 Å². The third-order valence-electron chi connectivity index (χ3n) is 5.61. The SMILES string of the molecule is CCOc1ccc(CN(C)C(=NC)NC2C3CCOC3C2(C)C)cc1. The van der Waals surface area contributed by atoms with Crippen LogP contribution in [0.4, 0.5) is 0 Å². The molecule has 1 aromatic rings. The highest BCUT2D eigenvalue weighted by Crippen LogP contribution is 2.52. The van der Waals surface area contributed by atoms with Crippen LogP contribution < -0.4 is 10.1 Å². The first-order valence-corrected chi connectivity index (χ1v) is 9.25. The molecule has 0 radical (unpaired) electrons. The summed E-state index contributed by atoms with van der Waals surface area (Å²) in [6.07, 6.45) is 1.53. The summed E-state index contributed by atoms with van der Waals surface area (Å²) in [5.74, 6) is 2.46. The van der Waals surface area contributed by atoms with Crippen LogP contribution in [0.5, 0.6) is 5.75 Å². The van der Waals surface area contributed by atoms with Gasteiger partial charge in [-0.3, -0.25) is 4.99 Å². The van der Waals surface area contributed by atoms with E-state index in [1.807, 2.05) is 26.1 Å². The van der Waals surface area contributed by atoms with Gasteiger partial charge in [-0.15, -0.1) is 0 Å². The highest BCUT2D eigenvalue weighted by Gasteiger charge is 2.59. The minimum atomic E-state index is 0.150. The summed E-state index contributed by atoms with van der Waals surface area (Å²) in [6.45, 7) is 8.97. The average molecular weight is 345 g/mol. The monoisotopic (exact) mass is 345 g/mol. The Morgan fingerprint density at radius 2 is 2.08 bits per heavy atom. The number of guanidine groups is 1. The molecule has 0 amide bonds. The minimum absolute atomic E-state index is 0.150. The Kier molecular flexibility index (Phi) is 5.23. The second kappa shape index (κ2) is 7.24. The van der Waals surface area contributed by atoms with Crippen LogP contribution in [0.15, 0.2) is 29.3 Å². The summed E-state index contributed by atoms with van der Waals surface area (Å²) in [5, 5.41) is 3.69. The first kappa shape index (κ1) is 18.1. The van der Waals surface area contributed by atoms with Gasteiger partial charge in [0.2, 0.25) is 0 Å². The lowest BCUT2D eigenvalue weighted by molar-refractivity contribution is -0.107. The highest BCUT2D eigenvalue weighted by molar-refractivity contribution is 5.80. The molecule has 2 fully saturated rings. The van der Waals surface area contributed by atoms with Crippen LogP contribution in [-0.4, -0.2) is 50.3 Å². The van der Waals surface area contributed by atoms with Crippen molar-refractivity contribution in [1.82, 2.24) is 10.2 Å². The van der Waals surface area contributed by atoms with Gasteiger partial charge < -0.3 is 19.7 Å². The van der Waals surface area contributed by atoms with Crippen LogP contribution in [0.25, 0.3) is 0 Å². The van der Waals surface area contributed by atoms with Gasteiger partial charge >= 0.3 is 0 Å². The van der Waals surface area contributed by atoms with E-state index in [9.17, 15) is 0 Å². The molecule has 5 nitrogen and oxygen atoms in total. The standard InChI is InChI=1S/C20H31N3O2/c1-6-24-15-9-7-14(8-10-15)13-23(5)19(21-4)22-17-16-11-12-25-18(16)20(17,2)3/h7-10,16-18H,6,11-13H2,1-5H3,(H,21,22). The zero-order valence-electron chi connectivity index (χ0n) is 16.1. The maximum absolute atomic E-state index is 5.89. The number of ether oxygens (including phenoxy) is 2. The molecular weight excluding hydrogens is 314 g/mol. The number of nitrogens with one attached hydrogen (secondary N) is 1. The predicted octanol–water partition coefficient (Wildman–Crippen LogP) is 2.91. The number of rotatable bonds is 5. The lowest BCUT2D eigenvalue weighted by atomic mass is 9.57. The molecule has 1 N–H and O–H groups in total. The molecule has 1 aliphatic carbocycles. The summed E-state index contributed by atoms with van der Waals surface area (Å²) in [7, 11) is 3.94. The predicted molar refractivity (Wildman–Crippen MR) is 101 cm³/mol. The van der Waals surface area contributed by atoms with Gasteiger partial charge in [0.1, 0.15) is 5.75 Å². The Morgan fingerprint density at radius 1 is 1.36 bits per heavy atom. The first-order chi connectivity index (χ1) is 12.0. The molecule has 0 aromatic heterocycles. The average Bonchev–Trinajstić information content (AvgIpc) is 3.04. The van der Waals surface area contributed by atoms with Crippen LogP contribution in [0, 0.1) is 11.3 Å². The van der Waals surface area contributed by atoms with Crippen LogP contribution in [0.1, 0.15) is 32.8 Å². The molecule has 5 heteroatoms. The number of benzene rings is 1. The Balaban J connectivity index is 1.61. The van der Waals surface area contributed by atoms with Crippen molar-refractivity contribution in [2.45, 2.75) is 45.9 Å². The van der Waals surface area contributed by atoms with Gasteiger partial charge in [0.15, 0.2) is 5.96 Å². The lowest BCUT2D eigenvalue weighted by Crippen LogP contribution is -2.67. The third-order valence-corrected chi connectivity index (χ3v) is 5.61. The molecule has 0 spiro atoms. The number of hydrogen-bond acceptors (Lipinski definition) is 3. The number of nitrogens with zero attached hydrogens (tertiary/aromatic N) is 2. The molecule has 1 aliphatic heterocycles. The molecule has 0 bridgehead atoms. The summed E-state index contributed by atoms with van der Waals surface area (Å²) in [6, 6.07) is 8.70. The molecule has 2 aliphatic rings. The molecule has 1 aromatic carbocycles. The van der Waals surface area contributed by atoms with Crippen molar-refractivity contribution in [2.75, 3.05) is 27.3 Å². The van der Waals surface area contributed by atoms with Crippen LogP contribution in [0.3, 0.4) is 0 Å². The van der Waals surface area contributed by atoms with Crippen molar-refractivity contribution in [2.24, 2.45) is 16.3 Å². The topological polar surface area (TPSA) is 46.1 Å². The van der Waals surface area contributed by atoms with E-state index in [2.05, 4.69) is 48.2 Å². The van der Waals surface area contributed by atoms with Gasteiger partial charge in [-0.1, -0.05) is 26.0 Å². The van der Waals surface area contributed by atoms with Crippen molar-refractivity contribution in [3.05, 3.63) is 29.8 Å². The van der Waals surface area contributed by atoms with Gasteiger partial charge in [0, 0.05) is 44.6 Å². The third kappa shape index (κ3) is 3.47. The molecule has 3 rings (SSSR count). The largest absolute Gasteiger partial charge is 0.494 e. The van der Waals surface area contributed by atoms with Crippen molar-refractivity contribution >= 4 is 5.96 Å². The fraction of sp³-hybridized carbons (Fsp3) is 0.650. The van der Waals surface area contributed by atoms with E-state index >= 15 is 0 Å². The summed E-state index contributed by atoms with van der Waals surface area (Å²) < 4.78 is 11.4. The Bertz CT molecular complexity index is 612. The van der Waals surface area contributed by atoms with Crippen molar-refractivity contribution < 1.29 is 9.47 Å². The van der Waals surface area contributed by atoms with E-state index in [1.165, 1.54) is 5.56 Å². The quantitative estimate of drug-likeness (QED) is 0.658. The van der Waals surface area contributed by atoms with Crippen molar-refractivity contribution in [3.8, 4) is 5.75 Å². The second-order valence-electron chi connectivity index (χ2n) is 7.67. The molecule has 1 saturated heterocycles. The van der Waals surface area contributed by atoms with Gasteiger partial charge in [0.05, 0.1) is 12.7 Å². The molecule has 1 heterocycles. The summed E-state index contributed by atoms with van der Waals surface area (Å²) in [4.78, 5) is 6.67. The van der Waals surface area contributed by atoms with E-state index < -0.39 is 0 Å². The molecule has 3 atom stereocenters. The lowest BCUT2D eigenvalue weighted by Gasteiger charge is -2.55. The highest BCUT2D eigenvalue weighted by atomic mass is 16.5. The van der Waals surface area contributed by atoms with Crippen molar-refractivity contribution in [3.63, 3.8) is 0 Å². The Morgan fingerprint density at radius 3 is 2.72 bits per heavy atom. The zero-order valence-corrected chi connectivity index (χ0v) is 16.1. The first-order valence-electron chi connectivity index (χ1n) is 9.25. The fourth-order valence-corrected chi connectivity index (χ4v) is 4.31. The minimum Gasteiger partial charge on any atom is -0.494 e. The Hall–Kier alpha value is -1.75. The van der Waals surface area contributed by atoms with E-state index in [1.54, 1.807) is 0 Å². The number of hydrogen-bond donors (Lipinski definition) is 1. The van der Waals surface area contributed by atoms with E-state index in [0.717, 1.165) is 31.3 Å². The molecular formula is C20H31N3O2. The van der Waals surface area contributed by atoms with Crippen LogP contribution >= 0.6 is 0 Å². The molecule has 25 heavy (non-hydrogen) atoms. The maximum Gasteiger partial charge on any atom is 0.193 e. The van der Waals surface area contributed by atoms with Gasteiger partial charge in [-0.25, -0.2) is 0 Å². The number of fused-ring (bicyclic) bond motifs is 1. The van der Waals surface area contributed by atoms with Crippen molar-refractivity contribution in [1.29, 1.82) is 0 Å². The smallest absolute Gasteiger partial charge is 0.193 e. The molecule has 3 unspecified atom stereocenters. The van der Waals surface area contributed by atoms with Gasteiger partial charge in [-0.2, -0.15) is 0 Å². The normalized spacial score (nSPS) is 27.4.